The predicted octanol–water partition coefficient (Wildman–Crippen LogP) is 3.05. The van der Waals surface area contributed by atoms with Crippen LogP contribution in [0.4, 0.5) is 17.6 Å². The van der Waals surface area contributed by atoms with Crippen LogP contribution in [-0.2, 0) is 6.18 Å². The monoisotopic (exact) mass is 322 g/mol. The van der Waals surface area contributed by atoms with Crippen molar-refractivity contribution in [1.82, 2.24) is 9.55 Å². The molecule has 2 aromatic rings. The van der Waals surface area contributed by atoms with Crippen molar-refractivity contribution in [3.63, 3.8) is 0 Å². The van der Waals surface area contributed by atoms with Crippen LogP contribution >= 0.6 is 11.6 Å². The third-order valence-electron chi connectivity index (χ3n) is 2.51. The van der Waals surface area contributed by atoms with E-state index in [2.05, 4.69) is 9.72 Å². The fourth-order valence-corrected chi connectivity index (χ4v) is 1.79. The Hall–Kier alpha value is -2.09. The molecule has 9 heteroatoms. The Morgan fingerprint density at radius 1 is 1.29 bits per heavy atom. The van der Waals surface area contributed by atoms with Crippen molar-refractivity contribution in [1.29, 1.82) is 0 Å². The molecule has 1 aromatic heterocycles. The normalized spacial score (nSPS) is 11.5. The number of nitrogens with zero attached hydrogens (tertiary/aromatic N) is 2. The van der Waals surface area contributed by atoms with E-state index >= 15 is 0 Å². The van der Waals surface area contributed by atoms with Crippen LogP contribution in [0.2, 0.25) is 5.02 Å². The van der Waals surface area contributed by atoms with Crippen LogP contribution in [0.25, 0.3) is 5.69 Å². The van der Waals surface area contributed by atoms with Crippen LogP contribution in [0.15, 0.2) is 29.1 Å². The molecule has 0 saturated carbocycles. The molecule has 0 fully saturated rings. The van der Waals surface area contributed by atoms with Gasteiger partial charge in [0.15, 0.2) is 5.69 Å². The van der Waals surface area contributed by atoms with Crippen LogP contribution in [0.3, 0.4) is 0 Å². The number of ether oxygens (including phenoxy) is 1. The Labute approximate surface area is 120 Å². The molecular formula is C12H7ClF4N2O2. The number of alkyl halides is 3. The van der Waals surface area contributed by atoms with Crippen molar-refractivity contribution in [2.75, 3.05) is 7.11 Å². The van der Waals surface area contributed by atoms with E-state index < -0.39 is 29.3 Å². The molecule has 0 N–H and O–H groups in total. The van der Waals surface area contributed by atoms with Crippen molar-refractivity contribution in [3.8, 4) is 11.7 Å². The van der Waals surface area contributed by atoms with Gasteiger partial charge in [0.1, 0.15) is 5.82 Å². The number of hydrogen-bond acceptors (Lipinski definition) is 3. The van der Waals surface area contributed by atoms with Crippen molar-refractivity contribution in [2.45, 2.75) is 6.18 Å². The maximum Gasteiger partial charge on any atom is 0.433 e. The summed E-state index contributed by atoms with van der Waals surface area (Å²) in [6.07, 6.45) is -4.82. The first-order valence-corrected chi connectivity index (χ1v) is 5.82. The first-order chi connectivity index (χ1) is 9.74. The van der Waals surface area contributed by atoms with Gasteiger partial charge in [-0.3, -0.25) is 4.79 Å². The SMILES string of the molecule is COc1nc(C(F)(F)F)cc(=O)n1-c1ccc(Cl)cc1F. The van der Waals surface area contributed by atoms with E-state index in [0.717, 1.165) is 19.2 Å². The van der Waals surface area contributed by atoms with Crippen LogP contribution in [0.1, 0.15) is 5.69 Å². The molecule has 1 aromatic carbocycles. The van der Waals surface area contributed by atoms with E-state index in [1.165, 1.54) is 6.07 Å². The molecular weight excluding hydrogens is 316 g/mol. The summed E-state index contributed by atoms with van der Waals surface area (Å²) in [6, 6.07) is 2.91. The highest BCUT2D eigenvalue weighted by atomic mass is 35.5. The van der Waals surface area contributed by atoms with Crippen molar-refractivity contribution in [3.05, 3.63) is 51.2 Å². The minimum atomic E-state index is -4.82. The lowest BCUT2D eigenvalue weighted by atomic mass is 10.3. The van der Waals surface area contributed by atoms with Gasteiger partial charge in [-0.25, -0.2) is 8.96 Å². The average molecular weight is 323 g/mol. The Morgan fingerprint density at radius 2 is 1.95 bits per heavy atom. The molecule has 0 aliphatic carbocycles. The molecule has 0 aliphatic heterocycles. The number of rotatable bonds is 2. The Kier molecular flexibility index (Phi) is 3.91. The molecule has 21 heavy (non-hydrogen) atoms. The van der Waals surface area contributed by atoms with E-state index in [1.807, 2.05) is 0 Å². The van der Waals surface area contributed by atoms with Gasteiger partial charge in [0.05, 0.1) is 12.8 Å². The van der Waals surface area contributed by atoms with E-state index in [4.69, 9.17) is 11.6 Å². The third-order valence-corrected chi connectivity index (χ3v) is 2.75. The van der Waals surface area contributed by atoms with E-state index in [1.54, 1.807) is 0 Å². The highest BCUT2D eigenvalue weighted by Crippen LogP contribution is 2.28. The second kappa shape index (κ2) is 5.36. The van der Waals surface area contributed by atoms with Gasteiger partial charge in [0.25, 0.3) is 5.56 Å². The molecule has 4 nitrogen and oxygen atoms in total. The lowest BCUT2D eigenvalue weighted by molar-refractivity contribution is -0.141. The summed E-state index contributed by atoms with van der Waals surface area (Å²) in [6.45, 7) is 0. The summed E-state index contributed by atoms with van der Waals surface area (Å²) >= 11 is 5.58. The fraction of sp³-hybridized carbons (Fsp3) is 0.167. The standard InChI is InChI=1S/C12H7ClF4N2O2/c1-21-11-18-9(12(15,16)17)5-10(20)19(11)8-3-2-6(13)4-7(8)14/h2-5H,1H3. The van der Waals surface area contributed by atoms with Gasteiger partial charge in [0, 0.05) is 11.1 Å². The van der Waals surface area contributed by atoms with Gasteiger partial charge in [-0.15, -0.1) is 0 Å². The molecule has 0 spiro atoms. The smallest absolute Gasteiger partial charge is 0.433 e. The maximum atomic E-state index is 13.8. The lowest BCUT2D eigenvalue weighted by Crippen LogP contribution is -2.25. The number of benzene rings is 1. The molecule has 0 saturated heterocycles. The molecule has 2 rings (SSSR count). The van der Waals surface area contributed by atoms with Crippen molar-refractivity contribution >= 4 is 11.6 Å². The van der Waals surface area contributed by atoms with Crippen LogP contribution in [0.5, 0.6) is 6.01 Å². The zero-order valence-corrected chi connectivity index (χ0v) is 11.2. The summed E-state index contributed by atoms with van der Waals surface area (Å²) in [4.78, 5) is 15.0. The summed E-state index contributed by atoms with van der Waals surface area (Å²) in [5.41, 5.74) is -2.87. The zero-order chi connectivity index (χ0) is 15.8. The lowest BCUT2D eigenvalue weighted by Gasteiger charge is -2.13. The van der Waals surface area contributed by atoms with Gasteiger partial charge in [-0.1, -0.05) is 11.6 Å². The Bertz CT molecular complexity index is 743. The fourth-order valence-electron chi connectivity index (χ4n) is 1.63. The van der Waals surface area contributed by atoms with Gasteiger partial charge >= 0.3 is 12.2 Å². The minimum absolute atomic E-state index is 0.0723. The van der Waals surface area contributed by atoms with Gasteiger partial charge in [0.2, 0.25) is 0 Å². The molecule has 0 bridgehead atoms. The molecule has 1 heterocycles. The van der Waals surface area contributed by atoms with Crippen molar-refractivity contribution in [2.24, 2.45) is 0 Å². The first kappa shape index (κ1) is 15.3. The summed E-state index contributed by atoms with van der Waals surface area (Å²) in [7, 11) is 1.02. The molecule has 0 amide bonds. The largest absolute Gasteiger partial charge is 0.468 e. The van der Waals surface area contributed by atoms with Gasteiger partial charge < -0.3 is 4.74 Å². The summed E-state index contributed by atoms with van der Waals surface area (Å²) < 4.78 is 56.8. The molecule has 0 aliphatic rings. The first-order valence-electron chi connectivity index (χ1n) is 5.44. The van der Waals surface area contributed by atoms with E-state index in [-0.39, 0.29) is 16.8 Å². The number of methoxy groups -OCH3 is 1. The summed E-state index contributed by atoms with van der Waals surface area (Å²) in [5.74, 6) is -0.899. The van der Waals surface area contributed by atoms with Crippen LogP contribution in [0, 0.1) is 5.82 Å². The Morgan fingerprint density at radius 3 is 2.48 bits per heavy atom. The quantitative estimate of drug-likeness (QED) is 0.798. The molecule has 0 radical (unpaired) electrons. The summed E-state index contributed by atoms with van der Waals surface area (Å²) in [5, 5.41) is 0.0723. The maximum absolute atomic E-state index is 13.8. The highest BCUT2D eigenvalue weighted by molar-refractivity contribution is 6.30. The van der Waals surface area contributed by atoms with Gasteiger partial charge in [-0.2, -0.15) is 18.2 Å². The topological polar surface area (TPSA) is 44.1 Å². The molecule has 0 unspecified atom stereocenters. The Balaban J connectivity index is 2.72. The van der Waals surface area contributed by atoms with Gasteiger partial charge in [-0.05, 0) is 18.2 Å². The zero-order valence-electron chi connectivity index (χ0n) is 10.4. The minimum Gasteiger partial charge on any atom is -0.468 e. The third kappa shape index (κ3) is 2.99. The van der Waals surface area contributed by atoms with E-state index in [9.17, 15) is 22.4 Å². The number of hydrogen-bond donors (Lipinski definition) is 0. The second-order valence-electron chi connectivity index (χ2n) is 3.90. The van der Waals surface area contributed by atoms with Crippen molar-refractivity contribution < 1.29 is 22.3 Å². The molecule has 112 valence electrons. The number of aromatic nitrogens is 2. The van der Waals surface area contributed by atoms with Crippen LogP contribution < -0.4 is 10.3 Å². The molecule has 0 atom stereocenters. The highest BCUT2D eigenvalue weighted by Gasteiger charge is 2.34. The van der Waals surface area contributed by atoms with Crippen LogP contribution in [-0.4, -0.2) is 16.7 Å². The predicted molar refractivity (Wildman–Crippen MR) is 66.4 cm³/mol. The van der Waals surface area contributed by atoms with E-state index in [0.29, 0.717) is 4.57 Å². The second-order valence-corrected chi connectivity index (χ2v) is 4.33. The number of halogens is 5. The average Bonchev–Trinajstić information content (AvgIpc) is 2.37.